The van der Waals surface area contributed by atoms with Crippen LogP contribution in [0, 0.1) is 0 Å². The van der Waals surface area contributed by atoms with Crippen LogP contribution in [0.15, 0.2) is 24.3 Å². The summed E-state index contributed by atoms with van der Waals surface area (Å²) in [4.78, 5) is 27.4. The number of urea groups is 1. The average Bonchev–Trinajstić information content (AvgIpc) is 2.70. The molecule has 2 aliphatic heterocycles. The minimum atomic E-state index is -0.332. The van der Waals surface area contributed by atoms with Gasteiger partial charge in [0.2, 0.25) is 5.91 Å². The molecule has 0 radical (unpaired) electrons. The van der Waals surface area contributed by atoms with Crippen molar-refractivity contribution in [3.8, 4) is 0 Å². The molecule has 0 atom stereocenters. The summed E-state index contributed by atoms with van der Waals surface area (Å²) in [7, 11) is 0. The summed E-state index contributed by atoms with van der Waals surface area (Å²) in [6.07, 6.45) is 6.02. The summed E-state index contributed by atoms with van der Waals surface area (Å²) in [6.45, 7) is 7.48. The summed E-state index contributed by atoms with van der Waals surface area (Å²) in [5, 5.41) is 5.84. The minimum absolute atomic E-state index is 0.203. The normalized spacial score (nSPS) is 20.6. The van der Waals surface area contributed by atoms with E-state index in [0.29, 0.717) is 13.0 Å². The lowest BCUT2D eigenvalue weighted by Crippen LogP contribution is -2.49. The molecular weight excluding hydrogens is 368 g/mol. The monoisotopic (exact) mass is 402 g/mol. The summed E-state index contributed by atoms with van der Waals surface area (Å²) < 4.78 is 5.75. The highest BCUT2D eigenvalue weighted by Gasteiger charge is 2.23. The number of hydrogen-bond donors (Lipinski definition) is 2. The van der Waals surface area contributed by atoms with Gasteiger partial charge in [-0.25, -0.2) is 4.79 Å². The SMILES string of the molecule is O=C1CCN(c2ccc(CCCN3CCCCNCCCOCC3)cc2)C(=O)N1. The molecule has 1 aromatic rings. The quantitative estimate of drug-likeness (QED) is 0.790. The van der Waals surface area contributed by atoms with Crippen LogP contribution in [0.1, 0.15) is 37.7 Å². The van der Waals surface area contributed by atoms with Crippen LogP contribution < -0.4 is 15.5 Å². The molecule has 0 saturated carbocycles. The predicted octanol–water partition coefficient (Wildman–Crippen LogP) is 2.16. The lowest BCUT2D eigenvalue weighted by molar-refractivity contribution is -0.120. The molecule has 1 aromatic carbocycles. The van der Waals surface area contributed by atoms with Gasteiger partial charge in [0.15, 0.2) is 0 Å². The maximum absolute atomic E-state index is 12.0. The highest BCUT2D eigenvalue weighted by atomic mass is 16.5. The fourth-order valence-electron chi connectivity index (χ4n) is 3.80. The van der Waals surface area contributed by atoms with Crippen molar-refractivity contribution < 1.29 is 14.3 Å². The van der Waals surface area contributed by atoms with E-state index in [1.165, 1.54) is 18.4 Å². The van der Waals surface area contributed by atoms with Crippen molar-refractivity contribution in [3.63, 3.8) is 0 Å². The zero-order chi connectivity index (χ0) is 20.3. The van der Waals surface area contributed by atoms with Gasteiger partial charge in [-0.05, 0) is 76.0 Å². The van der Waals surface area contributed by atoms with Crippen LogP contribution in [0.2, 0.25) is 0 Å². The second-order valence-electron chi connectivity index (χ2n) is 7.79. The van der Waals surface area contributed by atoms with Gasteiger partial charge in [0.05, 0.1) is 6.61 Å². The van der Waals surface area contributed by atoms with Crippen LogP contribution in [-0.2, 0) is 16.0 Å². The van der Waals surface area contributed by atoms with E-state index in [2.05, 4.69) is 27.7 Å². The fourth-order valence-corrected chi connectivity index (χ4v) is 3.80. The minimum Gasteiger partial charge on any atom is -0.380 e. The Balaban J connectivity index is 1.42. The Hall–Kier alpha value is -1.96. The number of amides is 3. The van der Waals surface area contributed by atoms with Crippen molar-refractivity contribution in [2.75, 3.05) is 57.4 Å². The molecule has 160 valence electrons. The number of rotatable bonds is 5. The lowest BCUT2D eigenvalue weighted by atomic mass is 10.1. The molecule has 2 saturated heterocycles. The van der Waals surface area contributed by atoms with E-state index < -0.39 is 0 Å². The topological polar surface area (TPSA) is 73.9 Å². The van der Waals surface area contributed by atoms with Crippen molar-refractivity contribution in [2.45, 2.75) is 38.5 Å². The van der Waals surface area contributed by atoms with Gasteiger partial charge in [0.1, 0.15) is 0 Å². The maximum atomic E-state index is 12.0. The fraction of sp³-hybridized carbons (Fsp3) is 0.636. The molecule has 29 heavy (non-hydrogen) atoms. The van der Waals surface area contributed by atoms with Gasteiger partial charge in [-0.1, -0.05) is 12.1 Å². The van der Waals surface area contributed by atoms with Crippen molar-refractivity contribution in [3.05, 3.63) is 29.8 Å². The Morgan fingerprint density at radius 3 is 2.59 bits per heavy atom. The summed E-state index contributed by atoms with van der Waals surface area (Å²) in [5.41, 5.74) is 2.12. The van der Waals surface area contributed by atoms with E-state index in [9.17, 15) is 9.59 Å². The van der Waals surface area contributed by atoms with E-state index in [1.807, 2.05) is 12.1 Å². The number of benzene rings is 1. The summed E-state index contributed by atoms with van der Waals surface area (Å²) >= 11 is 0. The molecule has 2 N–H and O–H groups in total. The Kier molecular flexibility index (Phi) is 8.92. The smallest absolute Gasteiger partial charge is 0.328 e. The van der Waals surface area contributed by atoms with Gasteiger partial charge in [-0.2, -0.15) is 0 Å². The molecule has 7 nitrogen and oxygen atoms in total. The highest BCUT2D eigenvalue weighted by Crippen LogP contribution is 2.18. The number of ether oxygens (including phenoxy) is 1. The third-order valence-electron chi connectivity index (χ3n) is 5.51. The average molecular weight is 403 g/mol. The molecule has 2 fully saturated rings. The molecule has 3 rings (SSSR count). The van der Waals surface area contributed by atoms with Crippen molar-refractivity contribution in [1.29, 1.82) is 0 Å². The molecule has 2 heterocycles. The lowest BCUT2D eigenvalue weighted by Gasteiger charge is -2.26. The molecule has 3 amide bonds. The molecule has 0 bridgehead atoms. The van der Waals surface area contributed by atoms with Crippen LogP contribution in [0.5, 0.6) is 0 Å². The first-order valence-corrected chi connectivity index (χ1v) is 10.9. The van der Waals surface area contributed by atoms with E-state index in [1.54, 1.807) is 4.90 Å². The Morgan fingerprint density at radius 1 is 0.931 bits per heavy atom. The molecule has 0 unspecified atom stereocenters. The van der Waals surface area contributed by atoms with Gasteiger partial charge < -0.3 is 15.0 Å². The van der Waals surface area contributed by atoms with Crippen molar-refractivity contribution in [1.82, 2.24) is 15.5 Å². The Bertz CT molecular complexity index is 638. The van der Waals surface area contributed by atoms with E-state index in [-0.39, 0.29) is 11.9 Å². The first kappa shape index (κ1) is 21.7. The standard InChI is InChI=1S/C22H34N4O3/c27-21-10-15-26(22(28)24-21)20-8-6-19(7-9-20)5-3-14-25-13-2-1-11-23-12-4-17-29-18-16-25/h6-9,23H,1-5,10-18H2,(H,24,27,28). The zero-order valence-corrected chi connectivity index (χ0v) is 17.3. The largest absolute Gasteiger partial charge is 0.380 e. The Labute approximate surface area is 173 Å². The molecule has 7 heteroatoms. The highest BCUT2D eigenvalue weighted by molar-refractivity contribution is 6.05. The van der Waals surface area contributed by atoms with Gasteiger partial charge in [-0.3, -0.25) is 15.0 Å². The van der Waals surface area contributed by atoms with Crippen LogP contribution in [0.4, 0.5) is 10.5 Å². The van der Waals surface area contributed by atoms with E-state index >= 15 is 0 Å². The first-order valence-electron chi connectivity index (χ1n) is 10.9. The van der Waals surface area contributed by atoms with Gasteiger partial charge in [-0.15, -0.1) is 0 Å². The number of anilines is 1. The van der Waals surface area contributed by atoms with Crippen LogP contribution in [0.25, 0.3) is 0 Å². The third-order valence-corrected chi connectivity index (χ3v) is 5.51. The van der Waals surface area contributed by atoms with Crippen LogP contribution >= 0.6 is 0 Å². The van der Waals surface area contributed by atoms with Gasteiger partial charge in [0, 0.05) is 31.8 Å². The number of carbonyl (C=O) groups excluding carboxylic acids is 2. The second-order valence-corrected chi connectivity index (χ2v) is 7.79. The molecular formula is C22H34N4O3. The van der Waals surface area contributed by atoms with Gasteiger partial charge >= 0.3 is 6.03 Å². The van der Waals surface area contributed by atoms with Crippen molar-refractivity contribution in [2.24, 2.45) is 0 Å². The number of aryl methyl sites for hydroxylation is 1. The molecule has 2 aliphatic rings. The summed E-state index contributed by atoms with van der Waals surface area (Å²) in [5.74, 6) is -0.203. The third kappa shape index (κ3) is 7.42. The molecule has 0 spiro atoms. The number of nitrogens with one attached hydrogen (secondary N) is 2. The number of nitrogens with zero attached hydrogens (tertiary/aromatic N) is 2. The molecule has 0 aliphatic carbocycles. The van der Waals surface area contributed by atoms with E-state index in [0.717, 1.165) is 70.9 Å². The number of hydrogen-bond acceptors (Lipinski definition) is 5. The zero-order valence-electron chi connectivity index (χ0n) is 17.3. The number of imide groups is 1. The number of carbonyl (C=O) groups is 2. The Morgan fingerprint density at radius 2 is 1.76 bits per heavy atom. The first-order chi connectivity index (χ1) is 14.2. The van der Waals surface area contributed by atoms with Gasteiger partial charge in [0.25, 0.3) is 0 Å². The molecule has 0 aromatic heterocycles. The van der Waals surface area contributed by atoms with Crippen molar-refractivity contribution >= 4 is 17.6 Å². The summed E-state index contributed by atoms with van der Waals surface area (Å²) in [6, 6.07) is 7.79. The van der Waals surface area contributed by atoms with E-state index in [4.69, 9.17) is 4.74 Å². The maximum Gasteiger partial charge on any atom is 0.328 e. The predicted molar refractivity (Wildman–Crippen MR) is 114 cm³/mol. The second kappa shape index (κ2) is 11.9. The van der Waals surface area contributed by atoms with Crippen LogP contribution in [-0.4, -0.2) is 69.3 Å². The van der Waals surface area contributed by atoms with Crippen LogP contribution in [0.3, 0.4) is 0 Å².